The first-order valence-corrected chi connectivity index (χ1v) is 7.25. The van der Waals surface area contributed by atoms with Gasteiger partial charge in [0.15, 0.2) is 11.5 Å². The molecule has 0 spiro atoms. The predicted molar refractivity (Wildman–Crippen MR) is 78.3 cm³/mol. The van der Waals surface area contributed by atoms with Gasteiger partial charge in [-0.3, -0.25) is 0 Å². The number of thioether (sulfide) groups is 1. The lowest BCUT2D eigenvalue weighted by Gasteiger charge is -2.13. The molecule has 0 aliphatic carbocycles. The Morgan fingerprint density at radius 2 is 1.79 bits per heavy atom. The normalized spacial score (nSPS) is 17.0. The van der Waals surface area contributed by atoms with E-state index in [4.69, 9.17) is 9.47 Å². The van der Waals surface area contributed by atoms with Crippen molar-refractivity contribution in [1.29, 1.82) is 0 Å². The Balaban J connectivity index is 1.63. The molecule has 3 rings (SSSR count). The molecule has 0 radical (unpaired) electrons. The fourth-order valence-corrected chi connectivity index (χ4v) is 3.49. The molecule has 19 heavy (non-hydrogen) atoms. The van der Waals surface area contributed by atoms with Gasteiger partial charge in [-0.25, -0.2) is 0 Å². The van der Waals surface area contributed by atoms with Gasteiger partial charge >= 0.3 is 0 Å². The summed E-state index contributed by atoms with van der Waals surface area (Å²) >= 11 is 1.90. The molecular weight excluding hydrogens is 256 g/mol. The number of hydrogen-bond donors (Lipinski definition) is 0. The maximum atomic E-state index is 5.90. The van der Waals surface area contributed by atoms with Gasteiger partial charge in [0.2, 0.25) is 0 Å². The summed E-state index contributed by atoms with van der Waals surface area (Å²) in [4.78, 5) is 1.39. The lowest BCUT2D eigenvalue weighted by atomic mass is 10.1. The molecule has 0 saturated heterocycles. The molecule has 1 heterocycles. The third kappa shape index (κ3) is 2.71. The highest BCUT2D eigenvalue weighted by molar-refractivity contribution is 8.00. The third-order valence-electron chi connectivity index (χ3n) is 3.21. The Morgan fingerprint density at radius 1 is 1.05 bits per heavy atom. The maximum absolute atomic E-state index is 5.90. The zero-order valence-electron chi connectivity index (χ0n) is 10.8. The van der Waals surface area contributed by atoms with Crippen molar-refractivity contribution in [2.75, 3.05) is 13.7 Å². The van der Waals surface area contributed by atoms with Crippen molar-refractivity contribution >= 4 is 11.8 Å². The second-order valence-corrected chi connectivity index (χ2v) is 5.86. The highest BCUT2D eigenvalue weighted by Crippen LogP contribution is 2.37. The second-order valence-electron chi connectivity index (χ2n) is 4.51. The van der Waals surface area contributed by atoms with Crippen molar-refractivity contribution in [2.24, 2.45) is 0 Å². The van der Waals surface area contributed by atoms with Gasteiger partial charge in [-0.2, -0.15) is 0 Å². The molecule has 3 heteroatoms. The third-order valence-corrected chi connectivity index (χ3v) is 4.50. The molecule has 0 saturated carbocycles. The van der Waals surface area contributed by atoms with E-state index >= 15 is 0 Å². The largest absolute Gasteiger partial charge is 0.493 e. The van der Waals surface area contributed by atoms with Gasteiger partial charge in [0, 0.05) is 10.1 Å². The topological polar surface area (TPSA) is 18.5 Å². The summed E-state index contributed by atoms with van der Waals surface area (Å²) in [6, 6.07) is 16.4. The van der Waals surface area contributed by atoms with Crippen LogP contribution in [0.1, 0.15) is 5.56 Å². The molecule has 0 amide bonds. The van der Waals surface area contributed by atoms with Gasteiger partial charge in [0.1, 0.15) is 6.61 Å². The van der Waals surface area contributed by atoms with E-state index in [-0.39, 0.29) is 0 Å². The summed E-state index contributed by atoms with van der Waals surface area (Å²) in [5, 5.41) is 0.488. The number of fused-ring (bicyclic) bond motifs is 1. The van der Waals surface area contributed by atoms with E-state index < -0.39 is 0 Å². The van der Waals surface area contributed by atoms with Crippen LogP contribution in [0.2, 0.25) is 0 Å². The zero-order valence-corrected chi connectivity index (χ0v) is 11.7. The fourth-order valence-electron chi connectivity index (χ4n) is 2.27. The number of rotatable bonds is 4. The van der Waals surface area contributed by atoms with E-state index in [0.29, 0.717) is 11.9 Å². The summed E-state index contributed by atoms with van der Waals surface area (Å²) in [6.45, 7) is 0.708. The van der Waals surface area contributed by atoms with Crippen LogP contribution in [-0.4, -0.2) is 19.0 Å². The lowest BCUT2D eigenvalue weighted by Crippen LogP contribution is -2.13. The van der Waals surface area contributed by atoms with Crippen molar-refractivity contribution in [2.45, 2.75) is 16.6 Å². The first-order valence-electron chi connectivity index (χ1n) is 6.37. The average Bonchev–Trinajstić information content (AvgIpc) is 2.88. The number of ether oxygens (including phenoxy) is 2. The van der Waals surface area contributed by atoms with Crippen molar-refractivity contribution in [1.82, 2.24) is 0 Å². The van der Waals surface area contributed by atoms with E-state index in [2.05, 4.69) is 24.3 Å². The van der Waals surface area contributed by atoms with Crippen molar-refractivity contribution in [3.05, 3.63) is 54.1 Å². The minimum absolute atomic E-state index is 0.488. The van der Waals surface area contributed by atoms with Crippen LogP contribution in [0.15, 0.2) is 53.4 Å². The number of para-hydroxylation sites is 2. The molecule has 0 fully saturated rings. The van der Waals surface area contributed by atoms with Crippen molar-refractivity contribution in [3.63, 3.8) is 0 Å². The smallest absolute Gasteiger partial charge is 0.161 e. The minimum atomic E-state index is 0.488. The van der Waals surface area contributed by atoms with Gasteiger partial charge in [-0.05, 0) is 30.2 Å². The summed E-state index contributed by atoms with van der Waals surface area (Å²) in [5.41, 5.74) is 1.43. The summed E-state index contributed by atoms with van der Waals surface area (Å²) in [7, 11) is 1.67. The Labute approximate surface area is 117 Å². The molecule has 0 N–H and O–H groups in total. The van der Waals surface area contributed by atoms with Crippen LogP contribution in [0.4, 0.5) is 0 Å². The molecule has 98 valence electrons. The minimum Gasteiger partial charge on any atom is -0.493 e. The SMILES string of the molecule is COc1ccccc1OCC1Cc2ccccc2S1. The molecule has 1 atom stereocenters. The zero-order chi connectivity index (χ0) is 13.1. The molecule has 1 unspecified atom stereocenters. The van der Waals surface area contributed by atoms with E-state index in [1.807, 2.05) is 36.0 Å². The molecule has 0 aromatic heterocycles. The van der Waals surface area contributed by atoms with E-state index in [0.717, 1.165) is 17.9 Å². The fraction of sp³-hybridized carbons (Fsp3) is 0.250. The van der Waals surface area contributed by atoms with Crippen molar-refractivity contribution in [3.8, 4) is 11.5 Å². The average molecular weight is 272 g/mol. The Morgan fingerprint density at radius 3 is 2.58 bits per heavy atom. The molecule has 1 aliphatic rings. The van der Waals surface area contributed by atoms with Gasteiger partial charge in [0.25, 0.3) is 0 Å². The predicted octanol–water partition coefficient (Wildman–Crippen LogP) is 3.79. The van der Waals surface area contributed by atoms with Crippen molar-refractivity contribution < 1.29 is 9.47 Å². The second kappa shape index (κ2) is 5.57. The van der Waals surface area contributed by atoms with Gasteiger partial charge < -0.3 is 9.47 Å². The Hall–Kier alpha value is -1.61. The summed E-state index contributed by atoms with van der Waals surface area (Å²) < 4.78 is 11.2. The van der Waals surface area contributed by atoms with Crippen LogP contribution >= 0.6 is 11.8 Å². The van der Waals surface area contributed by atoms with Crippen LogP contribution in [0.5, 0.6) is 11.5 Å². The van der Waals surface area contributed by atoms with Crippen LogP contribution in [0.25, 0.3) is 0 Å². The monoisotopic (exact) mass is 272 g/mol. The summed E-state index contributed by atoms with van der Waals surface area (Å²) in [6.07, 6.45) is 1.08. The number of benzene rings is 2. The molecule has 2 nitrogen and oxygen atoms in total. The van der Waals surface area contributed by atoms with E-state index in [1.165, 1.54) is 10.5 Å². The molecule has 2 aromatic carbocycles. The van der Waals surface area contributed by atoms with E-state index in [9.17, 15) is 0 Å². The first kappa shape index (κ1) is 12.4. The van der Waals surface area contributed by atoms with Gasteiger partial charge in [-0.15, -0.1) is 11.8 Å². The van der Waals surface area contributed by atoms with Crippen LogP contribution in [-0.2, 0) is 6.42 Å². The Bertz CT molecular complexity index is 543. The Kier molecular flexibility index (Phi) is 3.65. The van der Waals surface area contributed by atoms with Crippen LogP contribution in [0.3, 0.4) is 0 Å². The maximum Gasteiger partial charge on any atom is 0.161 e. The first-order chi connectivity index (χ1) is 9.36. The highest BCUT2D eigenvalue weighted by atomic mass is 32.2. The van der Waals surface area contributed by atoms with Crippen LogP contribution < -0.4 is 9.47 Å². The van der Waals surface area contributed by atoms with Gasteiger partial charge in [0.05, 0.1) is 7.11 Å². The highest BCUT2D eigenvalue weighted by Gasteiger charge is 2.22. The number of methoxy groups -OCH3 is 1. The van der Waals surface area contributed by atoms with Crippen LogP contribution in [0, 0.1) is 0 Å². The number of hydrogen-bond acceptors (Lipinski definition) is 3. The molecule has 0 bridgehead atoms. The molecular formula is C16H16O2S. The lowest BCUT2D eigenvalue weighted by molar-refractivity contribution is 0.294. The summed E-state index contributed by atoms with van der Waals surface area (Å²) in [5.74, 6) is 1.62. The van der Waals surface area contributed by atoms with Gasteiger partial charge in [-0.1, -0.05) is 30.3 Å². The van der Waals surface area contributed by atoms with E-state index in [1.54, 1.807) is 7.11 Å². The molecule has 1 aliphatic heterocycles. The quantitative estimate of drug-likeness (QED) is 0.843. The molecule has 2 aromatic rings. The standard InChI is InChI=1S/C16H16O2S/c1-17-14-7-3-4-8-15(14)18-11-13-10-12-6-2-5-9-16(12)19-13/h2-9,13H,10-11H2,1H3.